The molecule has 0 bridgehead atoms. The fourth-order valence-electron chi connectivity index (χ4n) is 2.29. The first kappa shape index (κ1) is 15.2. The molecule has 0 saturated heterocycles. The number of ketones is 1. The van der Waals surface area contributed by atoms with Gasteiger partial charge >= 0.3 is 5.97 Å². The normalized spacial score (nSPS) is 12.2. The molecular weight excluding hydrogens is 266 g/mol. The molecule has 21 heavy (non-hydrogen) atoms. The quantitative estimate of drug-likeness (QED) is 0.768. The highest BCUT2D eigenvalue weighted by molar-refractivity contribution is 6.04. The largest absolute Gasteiger partial charge is 0.481 e. The first-order valence-electron chi connectivity index (χ1n) is 7.10. The molecule has 4 heteroatoms. The van der Waals surface area contributed by atoms with E-state index in [1.165, 1.54) is 0 Å². The number of carbonyl (C=O) groups is 2. The van der Waals surface area contributed by atoms with Gasteiger partial charge in [0.15, 0.2) is 5.78 Å². The molecule has 0 aliphatic heterocycles. The Morgan fingerprint density at radius 1 is 1.14 bits per heavy atom. The van der Waals surface area contributed by atoms with Crippen LogP contribution in [0.5, 0.6) is 0 Å². The highest BCUT2D eigenvalue weighted by Gasteiger charge is 2.22. The molecule has 0 aliphatic rings. The summed E-state index contributed by atoms with van der Waals surface area (Å²) in [6.07, 6.45) is 0.646. The first-order valence-corrected chi connectivity index (χ1v) is 7.10. The predicted molar refractivity (Wildman–Crippen MR) is 82.6 cm³/mol. The van der Waals surface area contributed by atoms with Crippen LogP contribution in [0.25, 0.3) is 10.8 Å². The van der Waals surface area contributed by atoms with Gasteiger partial charge in [-0.15, -0.1) is 0 Å². The molecule has 110 valence electrons. The van der Waals surface area contributed by atoms with Gasteiger partial charge in [0.05, 0.1) is 12.5 Å². The van der Waals surface area contributed by atoms with E-state index in [0.29, 0.717) is 12.1 Å². The number of benzene rings is 2. The lowest BCUT2D eigenvalue weighted by Gasteiger charge is -2.15. The Balaban J connectivity index is 2.26. The van der Waals surface area contributed by atoms with E-state index in [1.54, 1.807) is 6.07 Å². The minimum atomic E-state index is -0.974. The van der Waals surface area contributed by atoms with E-state index in [1.807, 2.05) is 43.3 Å². The molecule has 0 heterocycles. The molecule has 2 aromatic rings. The number of carboxylic acid groups (broad SMARTS) is 1. The highest BCUT2D eigenvalue weighted by atomic mass is 16.4. The van der Waals surface area contributed by atoms with E-state index >= 15 is 0 Å². The third-order valence-electron chi connectivity index (χ3n) is 3.37. The maximum absolute atomic E-state index is 12.5. The predicted octanol–water partition coefficient (Wildman–Crippen LogP) is 2.87. The number of hydrogen-bond acceptors (Lipinski definition) is 3. The third-order valence-corrected chi connectivity index (χ3v) is 3.37. The molecule has 0 aliphatic carbocycles. The summed E-state index contributed by atoms with van der Waals surface area (Å²) in [6.45, 7) is 2.60. The standard InChI is InChI=1S/C17H19NO3/c1-2-9-18-15(11-16(19)20)17(21)14-8-7-12-5-3-4-6-13(12)10-14/h3-8,10,15,18H,2,9,11H2,1H3,(H,19,20). The molecule has 0 aromatic heterocycles. The van der Waals surface area contributed by atoms with Gasteiger partial charge in [-0.05, 0) is 29.8 Å². The van der Waals surface area contributed by atoms with Crippen molar-refractivity contribution < 1.29 is 14.7 Å². The molecule has 1 unspecified atom stereocenters. The van der Waals surface area contributed by atoms with Crippen LogP contribution in [0.2, 0.25) is 0 Å². The Morgan fingerprint density at radius 2 is 1.86 bits per heavy atom. The van der Waals surface area contributed by atoms with Gasteiger partial charge in [0, 0.05) is 5.56 Å². The molecule has 0 spiro atoms. The van der Waals surface area contributed by atoms with Crippen LogP contribution in [-0.4, -0.2) is 29.4 Å². The van der Waals surface area contributed by atoms with Crippen molar-refractivity contribution in [3.05, 3.63) is 48.0 Å². The summed E-state index contributed by atoms with van der Waals surface area (Å²) in [4.78, 5) is 23.4. The smallest absolute Gasteiger partial charge is 0.305 e. The van der Waals surface area contributed by atoms with Crippen LogP contribution in [0.15, 0.2) is 42.5 Å². The van der Waals surface area contributed by atoms with E-state index in [-0.39, 0.29) is 12.2 Å². The lowest BCUT2D eigenvalue weighted by atomic mass is 9.98. The van der Waals surface area contributed by atoms with Crippen molar-refractivity contribution in [3.63, 3.8) is 0 Å². The number of carboxylic acids is 1. The number of fused-ring (bicyclic) bond motifs is 1. The van der Waals surface area contributed by atoms with E-state index in [0.717, 1.165) is 17.2 Å². The second kappa shape index (κ2) is 6.99. The van der Waals surface area contributed by atoms with Gasteiger partial charge < -0.3 is 10.4 Å². The molecule has 2 aromatic carbocycles. The Hall–Kier alpha value is -2.20. The number of nitrogens with one attached hydrogen (secondary N) is 1. The zero-order valence-corrected chi connectivity index (χ0v) is 12.0. The zero-order valence-electron chi connectivity index (χ0n) is 12.0. The molecular formula is C17H19NO3. The number of hydrogen-bond donors (Lipinski definition) is 2. The van der Waals surface area contributed by atoms with Gasteiger partial charge in [-0.1, -0.05) is 43.3 Å². The Bertz CT molecular complexity index is 651. The van der Waals surface area contributed by atoms with Crippen molar-refractivity contribution in [2.45, 2.75) is 25.8 Å². The van der Waals surface area contributed by atoms with Crippen LogP contribution in [0, 0.1) is 0 Å². The summed E-state index contributed by atoms with van der Waals surface area (Å²) in [5, 5.41) is 14.0. The third kappa shape index (κ3) is 3.89. The summed E-state index contributed by atoms with van der Waals surface area (Å²) in [5.41, 5.74) is 0.545. The molecule has 1 atom stereocenters. The van der Waals surface area contributed by atoms with Gasteiger partial charge in [0.2, 0.25) is 0 Å². The van der Waals surface area contributed by atoms with Crippen LogP contribution in [0.4, 0.5) is 0 Å². The monoisotopic (exact) mass is 285 g/mol. The van der Waals surface area contributed by atoms with Crippen molar-refractivity contribution in [3.8, 4) is 0 Å². The van der Waals surface area contributed by atoms with Crippen LogP contribution in [0.1, 0.15) is 30.1 Å². The maximum Gasteiger partial charge on any atom is 0.305 e. The van der Waals surface area contributed by atoms with Crippen molar-refractivity contribution in [2.75, 3.05) is 6.54 Å². The molecule has 0 amide bonds. The van der Waals surface area contributed by atoms with Gasteiger partial charge in [-0.3, -0.25) is 9.59 Å². The van der Waals surface area contributed by atoms with Crippen LogP contribution in [-0.2, 0) is 4.79 Å². The summed E-state index contributed by atoms with van der Waals surface area (Å²) in [5.74, 6) is -1.14. The van der Waals surface area contributed by atoms with Crippen LogP contribution >= 0.6 is 0 Å². The molecule has 2 rings (SSSR count). The average molecular weight is 285 g/mol. The Kier molecular flexibility index (Phi) is 5.06. The zero-order chi connectivity index (χ0) is 15.2. The summed E-state index contributed by atoms with van der Waals surface area (Å²) < 4.78 is 0. The maximum atomic E-state index is 12.5. The summed E-state index contributed by atoms with van der Waals surface area (Å²) in [6, 6.07) is 12.6. The molecule has 0 fully saturated rings. The van der Waals surface area contributed by atoms with Gasteiger partial charge in [0.1, 0.15) is 0 Å². The fourth-order valence-corrected chi connectivity index (χ4v) is 2.29. The highest BCUT2D eigenvalue weighted by Crippen LogP contribution is 2.17. The lowest BCUT2D eigenvalue weighted by Crippen LogP contribution is -2.39. The summed E-state index contributed by atoms with van der Waals surface area (Å²) >= 11 is 0. The van der Waals surface area contributed by atoms with E-state index in [4.69, 9.17) is 5.11 Å². The van der Waals surface area contributed by atoms with Crippen LogP contribution in [0.3, 0.4) is 0 Å². The SMILES string of the molecule is CCCNC(CC(=O)O)C(=O)c1ccc2ccccc2c1. The van der Waals surface area contributed by atoms with E-state index in [2.05, 4.69) is 5.32 Å². The van der Waals surface area contributed by atoms with Crippen molar-refractivity contribution in [1.82, 2.24) is 5.32 Å². The second-order valence-corrected chi connectivity index (χ2v) is 5.03. The van der Waals surface area contributed by atoms with Crippen LogP contribution < -0.4 is 5.32 Å². The van der Waals surface area contributed by atoms with Gasteiger partial charge in [-0.2, -0.15) is 0 Å². The van der Waals surface area contributed by atoms with E-state index < -0.39 is 12.0 Å². The average Bonchev–Trinajstić information content (AvgIpc) is 2.50. The number of carbonyl (C=O) groups excluding carboxylic acids is 1. The van der Waals surface area contributed by atoms with Gasteiger partial charge in [-0.25, -0.2) is 0 Å². The minimum Gasteiger partial charge on any atom is -0.481 e. The number of aliphatic carboxylic acids is 1. The van der Waals surface area contributed by atoms with Crippen molar-refractivity contribution in [2.24, 2.45) is 0 Å². The molecule has 4 nitrogen and oxygen atoms in total. The van der Waals surface area contributed by atoms with Crippen molar-refractivity contribution in [1.29, 1.82) is 0 Å². The van der Waals surface area contributed by atoms with E-state index in [9.17, 15) is 9.59 Å². The molecule has 0 saturated carbocycles. The minimum absolute atomic E-state index is 0.170. The molecule has 0 radical (unpaired) electrons. The Morgan fingerprint density at radius 3 is 2.52 bits per heavy atom. The molecule has 2 N–H and O–H groups in total. The number of Topliss-reactive ketones (excluding diaryl/α,β-unsaturated/α-hetero) is 1. The lowest BCUT2D eigenvalue weighted by molar-refractivity contribution is -0.137. The fraction of sp³-hybridized carbons (Fsp3) is 0.294. The first-order chi connectivity index (χ1) is 10.1. The number of rotatable bonds is 7. The van der Waals surface area contributed by atoms with Gasteiger partial charge in [0.25, 0.3) is 0 Å². The van der Waals surface area contributed by atoms with Crippen molar-refractivity contribution >= 4 is 22.5 Å². The topological polar surface area (TPSA) is 66.4 Å². The Labute approximate surface area is 123 Å². The summed E-state index contributed by atoms with van der Waals surface area (Å²) in [7, 11) is 0. The second-order valence-electron chi connectivity index (χ2n) is 5.03.